The summed E-state index contributed by atoms with van der Waals surface area (Å²) in [4.78, 5) is 15.4. The second-order valence-electron chi connectivity index (χ2n) is 11.0. The van der Waals surface area contributed by atoms with Crippen LogP contribution in [0.15, 0.2) is 12.1 Å². The number of unbranched alkanes of at least 4 members (excludes halogenated alkanes) is 1. The van der Waals surface area contributed by atoms with Crippen molar-refractivity contribution in [2.45, 2.75) is 94.4 Å². The topological polar surface area (TPSA) is 73.8 Å². The molecule has 1 aromatic carbocycles. The quantitative estimate of drug-likeness (QED) is 0.570. The molecule has 1 spiro atoms. The van der Waals surface area contributed by atoms with Gasteiger partial charge in [-0.3, -0.25) is 9.69 Å². The first-order valence-corrected chi connectivity index (χ1v) is 12.8. The summed E-state index contributed by atoms with van der Waals surface area (Å²) in [5.74, 6) is 1.80. The van der Waals surface area contributed by atoms with Crippen molar-refractivity contribution in [1.82, 2.24) is 15.5 Å². The molecule has 174 valence electrons. The Morgan fingerprint density at radius 3 is 2.88 bits per heavy atom. The Balaban J connectivity index is 1.50. The lowest BCUT2D eigenvalue weighted by atomic mass is 9.46. The Hall–Kier alpha value is -1.79. The number of nitrogens with one attached hydrogen (secondary N) is 2. The highest BCUT2D eigenvalue weighted by molar-refractivity contribution is 5.76. The first kappa shape index (κ1) is 20.8. The van der Waals surface area contributed by atoms with Gasteiger partial charge in [0.1, 0.15) is 6.10 Å². The molecule has 5 aliphatic rings. The SMILES string of the molecule is CCCCN[C@@H]1CC[C@@]2(NC(C)=O)[C@H]3Cc4ccc(O)c5c4[C@@]2(CCN3CC2CC2)[C@H]1O5. The number of aromatic hydroxyl groups is 1. The van der Waals surface area contributed by atoms with Crippen molar-refractivity contribution >= 4 is 5.91 Å². The molecule has 32 heavy (non-hydrogen) atoms. The zero-order valence-electron chi connectivity index (χ0n) is 19.5. The Bertz CT molecular complexity index is 931. The van der Waals surface area contributed by atoms with Crippen molar-refractivity contribution in [3.8, 4) is 11.5 Å². The lowest BCUT2D eigenvalue weighted by molar-refractivity contribution is -0.135. The van der Waals surface area contributed by atoms with Crippen molar-refractivity contribution in [2.75, 3.05) is 19.6 Å². The summed E-state index contributed by atoms with van der Waals surface area (Å²) in [6.45, 7) is 7.06. The molecule has 2 saturated carbocycles. The van der Waals surface area contributed by atoms with Crippen LogP contribution < -0.4 is 15.4 Å². The number of carbonyl (C=O) groups excluding carboxylic acids is 1. The maximum Gasteiger partial charge on any atom is 0.217 e. The third-order valence-corrected chi connectivity index (χ3v) is 9.15. The van der Waals surface area contributed by atoms with E-state index in [0.717, 1.165) is 64.1 Å². The van der Waals surface area contributed by atoms with Crippen LogP contribution in [0, 0.1) is 5.92 Å². The van der Waals surface area contributed by atoms with E-state index in [4.69, 9.17) is 4.74 Å². The number of hydrogen-bond donors (Lipinski definition) is 3. The zero-order chi connectivity index (χ0) is 22.1. The van der Waals surface area contributed by atoms with Crippen LogP contribution in [0.5, 0.6) is 11.5 Å². The summed E-state index contributed by atoms with van der Waals surface area (Å²) in [5.41, 5.74) is 1.88. The molecule has 3 aliphatic carbocycles. The van der Waals surface area contributed by atoms with Crippen molar-refractivity contribution in [3.63, 3.8) is 0 Å². The van der Waals surface area contributed by atoms with Gasteiger partial charge in [0.2, 0.25) is 5.91 Å². The second kappa shape index (κ2) is 7.36. The predicted molar refractivity (Wildman–Crippen MR) is 123 cm³/mol. The average molecular weight is 440 g/mol. The summed E-state index contributed by atoms with van der Waals surface area (Å²) in [6, 6.07) is 4.44. The van der Waals surface area contributed by atoms with Gasteiger partial charge >= 0.3 is 0 Å². The number of ether oxygens (including phenoxy) is 1. The van der Waals surface area contributed by atoms with E-state index in [1.165, 1.54) is 24.0 Å². The molecule has 2 heterocycles. The minimum absolute atomic E-state index is 0.0517. The first-order chi connectivity index (χ1) is 15.5. The molecular formula is C26H37N3O3. The fourth-order valence-corrected chi connectivity index (χ4v) is 7.77. The third-order valence-electron chi connectivity index (χ3n) is 9.15. The number of carbonyl (C=O) groups is 1. The Morgan fingerprint density at radius 2 is 2.12 bits per heavy atom. The van der Waals surface area contributed by atoms with Crippen molar-refractivity contribution in [1.29, 1.82) is 0 Å². The summed E-state index contributed by atoms with van der Waals surface area (Å²) >= 11 is 0. The van der Waals surface area contributed by atoms with Crippen LogP contribution in [0.3, 0.4) is 0 Å². The number of nitrogens with zero attached hydrogens (tertiary/aromatic N) is 1. The smallest absolute Gasteiger partial charge is 0.217 e. The van der Waals surface area contributed by atoms with E-state index in [1.807, 2.05) is 6.07 Å². The van der Waals surface area contributed by atoms with Crippen LogP contribution >= 0.6 is 0 Å². The van der Waals surface area contributed by atoms with Gasteiger partial charge in [-0.15, -0.1) is 0 Å². The number of benzene rings is 1. The standard InChI is InChI=1S/C26H37N3O3/c1-3-4-12-27-19-9-10-26(28-16(2)30)21-14-18-7-8-20(31)23-22(18)25(26,24(19)32-23)11-13-29(21)15-17-5-6-17/h7-8,17,19,21,24,27,31H,3-6,9-15H2,1-2H3,(H,28,30)/t19-,21-,24+,25+,26-/m1/s1. The lowest BCUT2D eigenvalue weighted by Crippen LogP contribution is -2.82. The molecule has 6 nitrogen and oxygen atoms in total. The highest BCUT2D eigenvalue weighted by Crippen LogP contribution is 2.65. The summed E-state index contributed by atoms with van der Waals surface area (Å²) < 4.78 is 6.71. The van der Waals surface area contributed by atoms with Gasteiger partial charge in [0.05, 0.1) is 11.0 Å². The minimum atomic E-state index is -0.342. The van der Waals surface area contributed by atoms with E-state index >= 15 is 0 Å². The van der Waals surface area contributed by atoms with Gasteiger partial charge in [0, 0.05) is 31.1 Å². The summed E-state index contributed by atoms with van der Waals surface area (Å²) in [5, 5.41) is 18.2. The van der Waals surface area contributed by atoms with Gasteiger partial charge in [-0.05, 0) is 75.6 Å². The molecule has 1 amide bonds. The number of rotatable bonds is 7. The molecule has 6 heteroatoms. The molecule has 1 aromatic rings. The summed E-state index contributed by atoms with van der Waals surface area (Å²) in [6.07, 6.45) is 8.75. The lowest BCUT2D eigenvalue weighted by Gasteiger charge is -2.66. The average Bonchev–Trinajstić information content (AvgIpc) is 3.50. The fourth-order valence-electron chi connectivity index (χ4n) is 7.77. The third kappa shape index (κ3) is 2.75. The van der Waals surface area contributed by atoms with Crippen molar-refractivity contribution in [2.24, 2.45) is 5.92 Å². The van der Waals surface area contributed by atoms with Crippen LogP contribution in [0.1, 0.15) is 69.9 Å². The molecule has 6 rings (SSSR count). The van der Waals surface area contributed by atoms with Crippen LogP contribution in [0.2, 0.25) is 0 Å². The molecule has 2 bridgehead atoms. The number of likely N-dealkylation sites (tertiary alicyclic amines) is 1. The minimum Gasteiger partial charge on any atom is -0.504 e. The number of piperidine rings is 1. The second-order valence-corrected chi connectivity index (χ2v) is 11.0. The molecular weight excluding hydrogens is 402 g/mol. The van der Waals surface area contributed by atoms with Gasteiger partial charge in [0.25, 0.3) is 0 Å². The molecule has 0 unspecified atom stereocenters. The maximum atomic E-state index is 12.7. The van der Waals surface area contributed by atoms with Crippen molar-refractivity contribution in [3.05, 3.63) is 23.3 Å². The van der Waals surface area contributed by atoms with Gasteiger partial charge in [-0.25, -0.2) is 0 Å². The van der Waals surface area contributed by atoms with E-state index in [-0.39, 0.29) is 40.8 Å². The van der Waals surface area contributed by atoms with Crippen LogP contribution in [-0.2, 0) is 16.6 Å². The molecule has 1 saturated heterocycles. The van der Waals surface area contributed by atoms with E-state index < -0.39 is 0 Å². The number of amides is 1. The number of phenols is 1. The van der Waals surface area contributed by atoms with E-state index in [2.05, 4.69) is 28.5 Å². The zero-order valence-corrected chi connectivity index (χ0v) is 19.5. The largest absolute Gasteiger partial charge is 0.504 e. The fraction of sp³-hybridized carbons (Fsp3) is 0.731. The number of hydrogen-bond acceptors (Lipinski definition) is 5. The van der Waals surface area contributed by atoms with Gasteiger partial charge in [-0.2, -0.15) is 0 Å². The number of phenolic OH excluding ortho intramolecular Hbond substituents is 1. The highest BCUT2D eigenvalue weighted by Gasteiger charge is 2.73. The van der Waals surface area contributed by atoms with E-state index in [0.29, 0.717) is 5.75 Å². The van der Waals surface area contributed by atoms with Gasteiger partial charge < -0.3 is 20.5 Å². The van der Waals surface area contributed by atoms with Crippen molar-refractivity contribution < 1.29 is 14.6 Å². The molecule has 3 N–H and O–H groups in total. The molecule has 0 radical (unpaired) electrons. The Morgan fingerprint density at radius 1 is 1.28 bits per heavy atom. The molecule has 5 atom stereocenters. The van der Waals surface area contributed by atoms with E-state index in [1.54, 1.807) is 6.92 Å². The van der Waals surface area contributed by atoms with Gasteiger partial charge in [-0.1, -0.05) is 19.4 Å². The van der Waals surface area contributed by atoms with Crippen LogP contribution in [0.4, 0.5) is 0 Å². The maximum absolute atomic E-state index is 12.7. The van der Waals surface area contributed by atoms with E-state index in [9.17, 15) is 9.90 Å². The predicted octanol–water partition coefficient (Wildman–Crippen LogP) is 2.86. The van der Waals surface area contributed by atoms with Crippen LogP contribution in [0.25, 0.3) is 0 Å². The van der Waals surface area contributed by atoms with Crippen LogP contribution in [-0.4, -0.2) is 59.3 Å². The first-order valence-electron chi connectivity index (χ1n) is 12.8. The normalized spacial score (nSPS) is 37.0. The Labute approximate surface area is 191 Å². The Kier molecular flexibility index (Phi) is 4.78. The molecule has 3 fully saturated rings. The highest BCUT2D eigenvalue weighted by atomic mass is 16.5. The molecule has 2 aliphatic heterocycles. The summed E-state index contributed by atoms with van der Waals surface area (Å²) in [7, 11) is 0. The van der Waals surface area contributed by atoms with Gasteiger partial charge in [0.15, 0.2) is 11.5 Å². The molecule has 0 aromatic heterocycles. The monoisotopic (exact) mass is 439 g/mol.